The predicted molar refractivity (Wildman–Crippen MR) is 103 cm³/mol. The molecule has 1 aliphatic rings. The molecule has 1 saturated heterocycles. The lowest BCUT2D eigenvalue weighted by Crippen LogP contribution is -2.48. The van der Waals surface area contributed by atoms with Crippen LogP contribution in [0.5, 0.6) is 5.75 Å². The van der Waals surface area contributed by atoms with Crippen molar-refractivity contribution in [2.75, 3.05) is 26.2 Å². The van der Waals surface area contributed by atoms with Gasteiger partial charge >= 0.3 is 0 Å². The van der Waals surface area contributed by atoms with Gasteiger partial charge in [0.25, 0.3) is 0 Å². The van der Waals surface area contributed by atoms with Crippen LogP contribution in [0.2, 0.25) is 10.0 Å². The molecule has 8 heteroatoms. The van der Waals surface area contributed by atoms with Crippen molar-refractivity contribution >= 4 is 33.2 Å². The summed E-state index contributed by atoms with van der Waals surface area (Å²) in [6, 6.07) is 10.8. The molecule has 1 heterocycles. The van der Waals surface area contributed by atoms with E-state index in [-0.39, 0.29) is 14.9 Å². The maximum atomic E-state index is 12.9. The van der Waals surface area contributed by atoms with Crippen LogP contribution in [0.3, 0.4) is 0 Å². The monoisotopic (exact) mass is 414 g/mol. The van der Waals surface area contributed by atoms with Crippen LogP contribution in [0.25, 0.3) is 0 Å². The van der Waals surface area contributed by atoms with Crippen molar-refractivity contribution in [3.63, 3.8) is 0 Å². The molecule has 26 heavy (non-hydrogen) atoms. The quantitative estimate of drug-likeness (QED) is 0.830. The Morgan fingerprint density at radius 1 is 1.08 bits per heavy atom. The predicted octanol–water partition coefficient (Wildman–Crippen LogP) is 3.51. The molecule has 0 unspecified atom stereocenters. The fourth-order valence-corrected chi connectivity index (χ4v) is 5.24. The van der Waals surface area contributed by atoms with Crippen molar-refractivity contribution in [3.05, 3.63) is 57.6 Å². The van der Waals surface area contributed by atoms with E-state index in [1.807, 2.05) is 6.07 Å². The number of benzene rings is 2. The summed E-state index contributed by atoms with van der Waals surface area (Å²) in [7, 11) is -3.85. The standard InChI is InChI=1S/C18H20Cl2N2O3S/c1-13-3-2-4-14(9-13)12-21-5-7-22(8-6-21)26(24,25)17-11-15(19)10-16(20)18(17)23/h2-4,9-11,23H,5-8,12H2,1H3. The molecular weight excluding hydrogens is 395 g/mol. The van der Waals surface area contributed by atoms with Crippen molar-refractivity contribution in [1.82, 2.24) is 9.21 Å². The highest BCUT2D eigenvalue weighted by atomic mass is 35.5. The first-order chi connectivity index (χ1) is 12.3. The lowest BCUT2D eigenvalue weighted by atomic mass is 10.1. The lowest BCUT2D eigenvalue weighted by Gasteiger charge is -2.34. The van der Waals surface area contributed by atoms with Crippen LogP contribution in [0.4, 0.5) is 0 Å². The molecule has 0 aliphatic carbocycles. The number of aryl methyl sites for hydroxylation is 1. The summed E-state index contributed by atoms with van der Waals surface area (Å²) in [5.74, 6) is -0.460. The molecule has 1 N–H and O–H groups in total. The Kier molecular flexibility index (Phi) is 5.79. The van der Waals surface area contributed by atoms with Crippen LogP contribution >= 0.6 is 23.2 Å². The number of rotatable bonds is 4. The second kappa shape index (κ2) is 7.74. The number of hydrogen-bond acceptors (Lipinski definition) is 4. The Labute approximate surface area is 163 Å². The Balaban J connectivity index is 1.71. The summed E-state index contributed by atoms with van der Waals surface area (Å²) < 4.78 is 27.1. The number of phenolic OH excluding ortho intramolecular Hbond substituents is 1. The summed E-state index contributed by atoms with van der Waals surface area (Å²) in [6.45, 7) is 4.75. The molecule has 1 fully saturated rings. The number of halogens is 2. The van der Waals surface area contributed by atoms with Crippen LogP contribution in [-0.4, -0.2) is 48.9 Å². The van der Waals surface area contributed by atoms with Gasteiger partial charge < -0.3 is 5.11 Å². The van der Waals surface area contributed by atoms with E-state index in [2.05, 4.69) is 30.0 Å². The summed E-state index contributed by atoms with van der Waals surface area (Å²) in [6.07, 6.45) is 0. The van der Waals surface area contributed by atoms with Gasteiger partial charge in [0.1, 0.15) is 4.90 Å². The van der Waals surface area contributed by atoms with Gasteiger partial charge in [-0.15, -0.1) is 0 Å². The zero-order valence-corrected chi connectivity index (χ0v) is 16.7. The van der Waals surface area contributed by atoms with Crippen LogP contribution in [0.1, 0.15) is 11.1 Å². The van der Waals surface area contributed by atoms with Gasteiger partial charge in [-0.1, -0.05) is 53.0 Å². The Morgan fingerprint density at radius 2 is 1.77 bits per heavy atom. The van der Waals surface area contributed by atoms with Gasteiger partial charge in [0.05, 0.1) is 5.02 Å². The van der Waals surface area contributed by atoms with Gasteiger partial charge in [-0.2, -0.15) is 4.31 Å². The first-order valence-corrected chi connectivity index (χ1v) is 10.4. The molecule has 5 nitrogen and oxygen atoms in total. The molecule has 3 rings (SSSR count). The minimum Gasteiger partial charge on any atom is -0.505 e. The Bertz CT molecular complexity index is 911. The summed E-state index contributed by atoms with van der Waals surface area (Å²) in [5.41, 5.74) is 2.41. The molecule has 0 spiro atoms. The van der Waals surface area contributed by atoms with E-state index in [0.717, 1.165) is 6.54 Å². The Hall–Kier alpha value is -1.31. The largest absolute Gasteiger partial charge is 0.505 e. The molecule has 2 aromatic carbocycles. The smallest absolute Gasteiger partial charge is 0.246 e. The zero-order chi connectivity index (χ0) is 18.9. The minimum absolute atomic E-state index is 0.0749. The molecule has 140 valence electrons. The van der Waals surface area contributed by atoms with Gasteiger partial charge in [0.2, 0.25) is 10.0 Å². The van der Waals surface area contributed by atoms with E-state index in [0.29, 0.717) is 26.2 Å². The van der Waals surface area contributed by atoms with Crippen molar-refractivity contribution in [2.24, 2.45) is 0 Å². The second-order valence-electron chi connectivity index (χ2n) is 6.40. The number of nitrogens with zero attached hydrogens (tertiary/aromatic N) is 2. The first-order valence-electron chi connectivity index (χ1n) is 8.23. The third-order valence-electron chi connectivity index (χ3n) is 4.43. The summed E-state index contributed by atoms with van der Waals surface area (Å²) in [4.78, 5) is 1.97. The number of phenols is 1. The zero-order valence-electron chi connectivity index (χ0n) is 14.3. The molecule has 0 aromatic heterocycles. The highest BCUT2D eigenvalue weighted by Crippen LogP contribution is 2.35. The SMILES string of the molecule is Cc1cccc(CN2CCN(S(=O)(=O)c3cc(Cl)cc(Cl)c3O)CC2)c1. The maximum Gasteiger partial charge on any atom is 0.246 e. The molecule has 0 amide bonds. The molecule has 2 aromatic rings. The number of hydrogen-bond donors (Lipinski definition) is 1. The number of aromatic hydroxyl groups is 1. The highest BCUT2D eigenvalue weighted by molar-refractivity contribution is 7.89. The fourth-order valence-electron chi connectivity index (χ4n) is 3.07. The van der Waals surface area contributed by atoms with Crippen LogP contribution in [0.15, 0.2) is 41.3 Å². The topological polar surface area (TPSA) is 60.9 Å². The maximum absolute atomic E-state index is 12.9. The molecular formula is C18H20Cl2N2O3S. The third-order valence-corrected chi connectivity index (χ3v) is 6.85. The molecule has 1 aliphatic heterocycles. The summed E-state index contributed by atoms with van der Waals surface area (Å²) in [5, 5.41) is 10.2. The van der Waals surface area contributed by atoms with Gasteiger partial charge in [0, 0.05) is 37.7 Å². The van der Waals surface area contributed by atoms with Gasteiger partial charge in [-0.3, -0.25) is 4.90 Å². The molecule has 0 atom stereocenters. The lowest BCUT2D eigenvalue weighted by molar-refractivity contribution is 0.181. The van der Waals surface area contributed by atoms with Gasteiger partial charge in [-0.05, 0) is 24.6 Å². The average molecular weight is 415 g/mol. The van der Waals surface area contributed by atoms with Crippen LogP contribution < -0.4 is 0 Å². The molecule has 0 bridgehead atoms. The van der Waals surface area contributed by atoms with E-state index < -0.39 is 15.8 Å². The fraction of sp³-hybridized carbons (Fsp3) is 0.333. The van der Waals surface area contributed by atoms with E-state index in [4.69, 9.17) is 23.2 Å². The second-order valence-corrected chi connectivity index (χ2v) is 9.15. The molecule has 0 saturated carbocycles. The van der Waals surface area contributed by atoms with Crippen LogP contribution in [0, 0.1) is 6.92 Å². The number of sulfonamides is 1. The average Bonchev–Trinajstić information content (AvgIpc) is 2.58. The van der Waals surface area contributed by atoms with Crippen LogP contribution in [-0.2, 0) is 16.6 Å². The van der Waals surface area contributed by atoms with E-state index >= 15 is 0 Å². The van der Waals surface area contributed by atoms with Crippen molar-refractivity contribution in [2.45, 2.75) is 18.4 Å². The highest BCUT2D eigenvalue weighted by Gasteiger charge is 2.31. The van der Waals surface area contributed by atoms with E-state index in [1.165, 1.54) is 27.6 Å². The third kappa shape index (κ3) is 4.15. The number of piperazine rings is 1. The normalized spacial score (nSPS) is 16.7. The van der Waals surface area contributed by atoms with Crippen molar-refractivity contribution in [1.29, 1.82) is 0 Å². The van der Waals surface area contributed by atoms with E-state index in [9.17, 15) is 13.5 Å². The van der Waals surface area contributed by atoms with Crippen molar-refractivity contribution in [3.8, 4) is 5.75 Å². The Morgan fingerprint density at radius 3 is 2.42 bits per heavy atom. The van der Waals surface area contributed by atoms with Gasteiger partial charge in [0.15, 0.2) is 5.75 Å². The first kappa shape index (κ1) is 19.5. The van der Waals surface area contributed by atoms with Gasteiger partial charge in [-0.25, -0.2) is 8.42 Å². The summed E-state index contributed by atoms with van der Waals surface area (Å²) >= 11 is 11.8. The molecule has 0 radical (unpaired) electrons. The minimum atomic E-state index is -3.85. The van der Waals surface area contributed by atoms with Crippen molar-refractivity contribution < 1.29 is 13.5 Å². The van der Waals surface area contributed by atoms with E-state index in [1.54, 1.807) is 0 Å².